The van der Waals surface area contributed by atoms with Crippen LogP contribution in [0, 0.1) is 0 Å². The van der Waals surface area contributed by atoms with Crippen LogP contribution in [-0.4, -0.2) is 19.9 Å². The lowest BCUT2D eigenvalue weighted by molar-refractivity contribution is 1.20. The Morgan fingerprint density at radius 1 is 0.727 bits per heavy atom. The Hall–Kier alpha value is -1.71. The Bertz CT molecular complexity index is 196. The van der Waals surface area contributed by atoms with Crippen LogP contribution in [0.25, 0.3) is 0 Å². The molecule has 0 amide bonds. The molecule has 4 heteroatoms. The van der Waals surface area contributed by atoms with E-state index < -0.39 is 0 Å². The molecule has 56 valence electrons. The van der Waals surface area contributed by atoms with Gasteiger partial charge in [0.15, 0.2) is 0 Å². The highest BCUT2D eigenvalue weighted by Crippen LogP contribution is 1.65. The molecular formula is C7H8N4. The van der Waals surface area contributed by atoms with E-state index in [-0.39, 0.29) is 0 Å². The molecule has 0 spiro atoms. The van der Waals surface area contributed by atoms with Gasteiger partial charge in [0.1, 0.15) is 0 Å². The zero-order chi connectivity index (χ0) is 7.78. The fourth-order valence-corrected chi connectivity index (χ4v) is 0.469. The fraction of sp³-hybridized carbons (Fsp3) is 0. The summed E-state index contributed by atoms with van der Waals surface area (Å²) in [5.74, 6) is 0. The molecule has 11 heavy (non-hydrogen) atoms. The van der Waals surface area contributed by atoms with Gasteiger partial charge in [-0.25, -0.2) is 4.98 Å². The minimum Gasteiger partial charge on any atom is -0.351 e. The average molecular weight is 148 g/mol. The zero-order valence-electron chi connectivity index (χ0n) is 5.88. The van der Waals surface area contributed by atoms with Crippen molar-refractivity contribution in [3.05, 3.63) is 43.5 Å². The number of nitrogens with zero attached hydrogens (tertiary/aromatic N) is 3. The highest BCUT2D eigenvalue weighted by atomic mass is 14.8. The molecule has 4 nitrogen and oxygen atoms in total. The topological polar surface area (TPSA) is 54.5 Å². The molecule has 0 aliphatic rings. The van der Waals surface area contributed by atoms with Gasteiger partial charge in [0, 0.05) is 37.2 Å². The van der Waals surface area contributed by atoms with Crippen molar-refractivity contribution in [3.8, 4) is 0 Å². The first-order valence-electron chi connectivity index (χ1n) is 3.13. The summed E-state index contributed by atoms with van der Waals surface area (Å²) in [5.41, 5.74) is 0. The van der Waals surface area contributed by atoms with E-state index >= 15 is 0 Å². The summed E-state index contributed by atoms with van der Waals surface area (Å²) in [6.07, 6.45) is 11.6. The maximum Gasteiger partial charge on any atom is 0.0919 e. The van der Waals surface area contributed by atoms with Crippen molar-refractivity contribution in [3.63, 3.8) is 0 Å². The molecule has 2 rings (SSSR count). The van der Waals surface area contributed by atoms with Crippen molar-refractivity contribution in [2.75, 3.05) is 0 Å². The maximum atomic E-state index is 3.72. The average Bonchev–Trinajstić information content (AvgIpc) is 2.64. The number of rotatable bonds is 0. The molecule has 0 fully saturated rings. The smallest absolute Gasteiger partial charge is 0.0919 e. The van der Waals surface area contributed by atoms with E-state index in [1.165, 1.54) is 0 Å². The first-order chi connectivity index (χ1) is 5.50. The predicted octanol–water partition coefficient (Wildman–Crippen LogP) is 0.886. The largest absolute Gasteiger partial charge is 0.351 e. The van der Waals surface area contributed by atoms with Crippen LogP contribution >= 0.6 is 0 Å². The third kappa shape index (κ3) is 3.80. The lowest BCUT2D eigenvalue weighted by Crippen LogP contribution is -1.66. The van der Waals surface area contributed by atoms with E-state index in [1.807, 2.05) is 0 Å². The molecule has 0 aliphatic heterocycles. The van der Waals surface area contributed by atoms with Gasteiger partial charge in [-0.15, -0.1) is 0 Å². The Morgan fingerprint density at radius 3 is 1.55 bits per heavy atom. The summed E-state index contributed by atoms with van der Waals surface area (Å²) >= 11 is 0. The van der Waals surface area contributed by atoms with Gasteiger partial charge in [-0.1, -0.05) is 0 Å². The van der Waals surface area contributed by atoms with Gasteiger partial charge in [0.05, 0.1) is 6.33 Å². The minimum absolute atomic E-state index is 1.62. The van der Waals surface area contributed by atoms with Gasteiger partial charge in [0.25, 0.3) is 0 Å². The highest BCUT2D eigenvalue weighted by Gasteiger charge is 1.59. The van der Waals surface area contributed by atoms with E-state index in [0.29, 0.717) is 0 Å². The number of imidazole rings is 1. The van der Waals surface area contributed by atoms with E-state index in [0.717, 1.165) is 0 Å². The van der Waals surface area contributed by atoms with Gasteiger partial charge in [-0.2, -0.15) is 0 Å². The van der Waals surface area contributed by atoms with Gasteiger partial charge in [-0.05, 0) is 0 Å². The van der Waals surface area contributed by atoms with Crippen molar-refractivity contribution in [1.82, 2.24) is 19.9 Å². The summed E-state index contributed by atoms with van der Waals surface area (Å²) in [6, 6.07) is 0. The predicted molar refractivity (Wildman–Crippen MR) is 40.6 cm³/mol. The molecule has 0 radical (unpaired) electrons. The summed E-state index contributed by atoms with van der Waals surface area (Å²) in [4.78, 5) is 13.9. The Morgan fingerprint density at radius 2 is 1.36 bits per heavy atom. The quantitative estimate of drug-likeness (QED) is 0.603. The molecular weight excluding hydrogens is 140 g/mol. The number of aromatic amines is 1. The fourth-order valence-electron chi connectivity index (χ4n) is 0.469. The molecule has 0 saturated heterocycles. The highest BCUT2D eigenvalue weighted by molar-refractivity contribution is 4.70. The van der Waals surface area contributed by atoms with Crippen LogP contribution in [0.15, 0.2) is 43.5 Å². The second-order valence-electron chi connectivity index (χ2n) is 1.66. The second-order valence-corrected chi connectivity index (χ2v) is 1.66. The normalized spacial score (nSPS) is 8.00. The first kappa shape index (κ1) is 7.40. The summed E-state index contributed by atoms with van der Waals surface area (Å²) in [7, 11) is 0. The number of hydrogen-bond donors (Lipinski definition) is 1. The Labute approximate surface area is 64.4 Å². The molecule has 0 aromatic carbocycles. The van der Waals surface area contributed by atoms with Crippen molar-refractivity contribution in [2.45, 2.75) is 0 Å². The van der Waals surface area contributed by atoms with E-state index in [1.54, 1.807) is 43.5 Å². The Kier molecular flexibility index (Phi) is 3.43. The van der Waals surface area contributed by atoms with Crippen LogP contribution in [-0.2, 0) is 0 Å². The van der Waals surface area contributed by atoms with Crippen LogP contribution in [0.2, 0.25) is 0 Å². The third-order valence-electron chi connectivity index (χ3n) is 0.883. The minimum atomic E-state index is 1.62. The summed E-state index contributed by atoms with van der Waals surface area (Å²) in [6.45, 7) is 0. The van der Waals surface area contributed by atoms with Crippen LogP contribution in [0.4, 0.5) is 0 Å². The molecule has 2 aromatic rings. The Balaban J connectivity index is 0.000000112. The number of hydrogen-bond acceptors (Lipinski definition) is 3. The molecule has 0 saturated carbocycles. The molecule has 0 bridgehead atoms. The molecule has 0 atom stereocenters. The van der Waals surface area contributed by atoms with Crippen molar-refractivity contribution in [2.24, 2.45) is 0 Å². The van der Waals surface area contributed by atoms with Crippen molar-refractivity contribution >= 4 is 0 Å². The van der Waals surface area contributed by atoms with E-state index in [4.69, 9.17) is 0 Å². The van der Waals surface area contributed by atoms with Gasteiger partial charge >= 0.3 is 0 Å². The van der Waals surface area contributed by atoms with Gasteiger partial charge in [0.2, 0.25) is 0 Å². The molecule has 2 heterocycles. The monoisotopic (exact) mass is 148 g/mol. The molecule has 1 N–H and O–H groups in total. The van der Waals surface area contributed by atoms with E-state index in [9.17, 15) is 0 Å². The summed E-state index contributed by atoms with van der Waals surface area (Å²) < 4.78 is 0. The zero-order valence-corrected chi connectivity index (χ0v) is 5.88. The van der Waals surface area contributed by atoms with Crippen LogP contribution in [0.5, 0.6) is 0 Å². The first-order valence-corrected chi connectivity index (χ1v) is 3.13. The third-order valence-corrected chi connectivity index (χ3v) is 0.883. The number of H-pyrrole nitrogens is 1. The standard InChI is InChI=1S/C4H4N2.C3H4N2/c1-2-6-4-3-5-1;1-2-5-3-4-1/h1-4H;1-3H,(H,4,5). The van der Waals surface area contributed by atoms with E-state index in [2.05, 4.69) is 19.9 Å². The van der Waals surface area contributed by atoms with Crippen LogP contribution in [0.1, 0.15) is 0 Å². The second kappa shape index (κ2) is 5.10. The molecule has 2 aromatic heterocycles. The van der Waals surface area contributed by atoms with Crippen molar-refractivity contribution in [1.29, 1.82) is 0 Å². The van der Waals surface area contributed by atoms with Crippen LogP contribution in [0.3, 0.4) is 0 Å². The van der Waals surface area contributed by atoms with Gasteiger partial charge in [-0.3, -0.25) is 9.97 Å². The number of nitrogens with one attached hydrogen (secondary N) is 1. The lowest BCUT2D eigenvalue weighted by atomic mass is 10.8. The molecule has 0 unspecified atom stereocenters. The summed E-state index contributed by atoms with van der Waals surface area (Å²) in [5, 5.41) is 0. The maximum absolute atomic E-state index is 3.72. The van der Waals surface area contributed by atoms with Crippen LogP contribution < -0.4 is 0 Å². The molecule has 0 aliphatic carbocycles. The number of aromatic nitrogens is 4. The lowest BCUT2D eigenvalue weighted by Gasteiger charge is -1.70. The SMILES string of the molecule is c1c[nH]cn1.c1cnccn1. The van der Waals surface area contributed by atoms with Crippen molar-refractivity contribution < 1.29 is 0 Å². The van der Waals surface area contributed by atoms with Gasteiger partial charge < -0.3 is 4.98 Å².